The number of pyridine rings is 2. The fourth-order valence-electron chi connectivity index (χ4n) is 7.94. The zero-order valence-corrected chi connectivity index (χ0v) is 29.6. The van der Waals surface area contributed by atoms with Crippen LogP contribution < -0.4 is 0 Å². The summed E-state index contributed by atoms with van der Waals surface area (Å²) in [4.78, 5) is 20.6. The molecule has 0 unspecified atom stereocenters. The number of hydrogen-bond acceptors (Lipinski definition) is 4. The van der Waals surface area contributed by atoms with Crippen molar-refractivity contribution >= 4 is 49.1 Å². The van der Waals surface area contributed by atoms with Gasteiger partial charge < -0.3 is 0 Å². The molecule has 0 atom stereocenters. The van der Waals surface area contributed by atoms with Crippen LogP contribution >= 0.6 is 0 Å². The molecule has 5 nitrogen and oxygen atoms in total. The number of fused-ring (bicyclic) bond motifs is 7. The standard InChI is InChI=1S/C50H31N5/c1-3-15-38-34(11-1)13-9-18-40(38)44-31-45(41-19-10-14-35-12-2-4-16-39(35)41)53-50(52-44)37-28-24-33(25-29-37)32-22-26-36(27-23-32)47-49-48(42-17-5-6-20-43(42)51-47)54-46-21-7-8-30-55(46)49/h1-31H. The van der Waals surface area contributed by atoms with Crippen LogP contribution in [-0.4, -0.2) is 24.3 Å². The Bertz CT molecular complexity index is 3150. The smallest absolute Gasteiger partial charge is 0.160 e. The van der Waals surface area contributed by atoms with Crippen molar-refractivity contribution in [2.24, 2.45) is 0 Å². The third-order valence-corrected chi connectivity index (χ3v) is 10.6. The van der Waals surface area contributed by atoms with Gasteiger partial charge in [0.2, 0.25) is 0 Å². The van der Waals surface area contributed by atoms with E-state index < -0.39 is 0 Å². The zero-order chi connectivity index (χ0) is 36.3. The third kappa shape index (κ3) is 5.24. The first-order chi connectivity index (χ1) is 27.2. The first kappa shape index (κ1) is 31.1. The summed E-state index contributed by atoms with van der Waals surface area (Å²) in [6.07, 6.45) is 2.06. The second-order valence-corrected chi connectivity index (χ2v) is 13.9. The van der Waals surface area contributed by atoms with Crippen LogP contribution in [0.15, 0.2) is 188 Å². The van der Waals surface area contributed by atoms with Crippen molar-refractivity contribution in [1.29, 1.82) is 0 Å². The molecule has 11 rings (SSSR count). The number of benzene rings is 7. The van der Waals surface area contributed by atoms with Crippen LogP contribution in [0.1, 0.15) is 0 Å². The summed E-state index contributed by atoms with van der Waals surface area (Å²) in [5, 5.41) is 5.75. The van der Waals surface area contributed by atoms with Crippen LogP contribution in [0.5, 0.6) is 0 Å². The van der Waals surface area contributed by atoms with E-state index in [0.717, 1.165) is 78.0 Å². The largest absolute Gasteiger partial charge is 0.298 e. The van der Waals surface area contributed by atoms with Gasteiger partial charge in [0.25, 0.3) is 0 Å². The van der Waals surface area contributed by atoms with E-state index in [1.807, 2.05) is 30.3 Å². The molecule has 0 fully saturated rings. The number of rotatable bonds is 5. The molecule has 5 heteroatoms. The van der Waals surface area contributed by atoms with E-state index in [1.54, 1.807) is 0 Å². The summed E-state index contributed by atoms with van der Waals surface area (Å²) >= 11 is 0. The quantitative estimate of drug-likeness (QED) is 0.179. The Labute approximate surface area is 316 Å². The maximum Gasteiger partial charge on any atom is 0.160 e. The van der Waals surface area contributed by atoms with Gasteiger partial charge in [-0.1, -0.05) is 158 Å². The Kier molecular flexibility index (Phi) is 7.10. The molecule has 4 heterocycles. The van der Waals surface area contributed by atoms with Gasteiger partial charge >= 0.3 is 0 Å². The molecule has 0 saturated carbocycles. The Hall–Kier alpha value is -7.50. The van der Waals surface area contributed by atoms with Crippen molar-refractivity contribution in [2.45, 2.75) is 0 Å². The maximum absolute atomic E-state index is 5.22. The summed E-state index contributed by atoms with van der Waals surface area (Å²) in [7, 11) is 0. The molecular weight excluding hydrogens is 671 g/mol. The molecule has 0 bridgehead atoms. The second-order valence-electron chi connectivity index (χ2n) is 13.9. The van der Waals surface area contributed by atoms with Crippen molar-refractivity contribution in [3.8, 4) is 56.3 Å². The molecular formula is C50H31N5. The predicted molar refractivity (Wildman–Crippen MR) is 226 cm³/mol. The Balaban J connectivity index is 0.995. The number of hydrogen-bond donors (Lipinski definition) is 0. The number of aromatic nitrogens is 5. The van der Waals surface area contributed by atoms with Crippen LogP contribution in [0.4, 0.5) is 0 Å². The van der Waals surface area contributed by atoms with Gasteiger partial charge in [-0.05, 0) is 56.9 Å². The Morgan fingerprint density at radius 2 is 0.909 bits per heavy atom. The molecule has 7 aromatic carbocycles. The molecule has 256 valence electrons. The van der Waals surface area contributed by atoms with Gasteiger partial charge in [0.15, 0.2) is 5.82 Å². The molecule has 0 amide bonds. The second kappa shape index (κ2) is 12.6. The number of imidazole rings is 1. The van der Waals surface area contributed by atoms with E-state index in [0.29, 0.717) is 5.82 Å². The molecule has 0 N–H and O–H groups in total. The minimum atomic E-state index is 0.690. The molecule has 0 spiro atoms. The summed E-state index contributed by atoms with van der Waals surface area (Å²) in [5.74, 6) is 0.690. The lowest BCUT2D eigenvalue weighted by molar-refractivity contribution is 1.19. The first-order valence-corrected chi connectivity index (χ1v) is 18.5. The molecule has 55 heavy (non-hydrogen) atoms. The highest BCUT2D eigenvalue weighted by molar-refractivity contribution is 6.09. The van der Waals surface area contributed by atoms with Gasteiger partial charge in [0.05, 0.1) is 28.1 Å². The van der Waals surface area contributed by atoms with Crippen molar-refractivity contribution in [1.82, 2.24) is 24.3 Å². The van der Waals surface area contributed by atoms with Crippen molar-refractivity contribution in [3.05, 3.63) is 188 Å². The monoisotopic (exact) mass is 701 g/mol. The normalized spacial score (nSPS) is 11.6. The van der Waals surface area contributed by atoms with E-state index in [1.165, 1.54) is 21.5 Å². The summed E-state index contributed by atoms with van der Waals surface area (Å²) < 4.78 is 2.14. The predicted octanol–water partition coefficient (Wildman–Crippen LogP) is 12.5. The minimum Gasteiger partial charge on any atom is -0.298 e. The van der Waals surface area contributed by atoms with Crippen molar-refractivity contribution in [2.75, 3.05) is 0 Å². The third-order valence-electron chi connectivity index (χ3n) is 10.6. The Morgan fingerprint density at radius 1 is 0.382 bits per heavy atom. The minimum absolute atomic E-state index is 0.690. The molecule has 0 radical (unpaired) electrons. The average Bonchev–Trinajstić information content (AvgIpc) is 3.66. The Morgan fingerprint density at radius 3 is 1.56 bits per heavy atom. The molecule has 0 aliphatic carbocycles. The summed E-state index contributed by atoms with van der Waals surface area (Å²) in [5.41, 5.74) is 12.9. The van der Waals surface area contributed by atoms with E-state index in [-0.39, 0.29) is 0 Å². The van der Waals surface area contributed by atoms with Gasteiger partial charge in [-0.3, -0.25) is 4.40 Å². The molecule has 0 aliphatic heterocycles. The molecule has 4 aromatic heterocycles. The zero-order valence-electron chi connectivity index (χ0n) is 29.6. The highest BCUT2D eigenvalue weighted by Gasteiger charge is 2.17. The lowest BCUT2D eigenvalue weighted by atomic mass is 9.98. The van der Waals surface area contributed by atoms with Gasteiger partial charge in [-0.25, -0.2) is 19.9 Å². The fourth-order valence-corrected chi connectivity index (χ4v) is 7.94. The van der Waals surface area contributed by atoms with Gasteiger partial charge in [-0.2, -0.15) is 0 Å². The molecule has 0 saturated heterocycles. The summed E-state index contributed by atoms with van der Waals surface area (Å²) in [6, 6.07) is 63.5. The van der Waals surface area contributed by atoms with E-state index in [4.69, 9.17) is 19.9 Å². The van der Waals surface area contributed by atoms with E-state index >= 15 is 0 Å². The van der Waals surface area contributed by atoms with Crippen LogP contribution in [0, 0.1) is 0 Å². The maximum atomic E-state index is 5.22. The first-order valence-electron chi connectivity index (χ1n) is 18.5. The topological polar surface area (TPSA) is 56.0 Å². The van der Waals surface area contributed by atoms with Gasteiger partial charge in [0.1, 0.15) is 11.2 Å². The SMILES string of the molecule is c1ccc2c(-c3cc(-c4cccc5ccccc45)nc(-c4ccc(-c5ccc(-c6nc7ccccc7c7nc8ccccn8c67)cc5)cc4)n3)cccc2c1. The van der Waals surface area contributed by atoms with Crippen LogP contribution in [0.2, 0.25) is 0 Å². The van der Waals surface area contributed by atoms with Crippen molar-refractivity contribution in [3.63, 3.8) is 0 Å². The highest BCUT2D eigenvalue weighted by Crippen LogP contribution is 2.36. The van der Waals surface area contributed by atoms with Gasteiger partial charge in [-0.15, -0.1) is 0 Å². The van der Waals surface area contributed by atoms with Crippen molar-refractivity contribution < 1.29 is 0 Å². The fraction of sp³-hybridized carbons (Fsp3) is 0. The number of nitrogens with zero attached hydrogens (tertiary/aromatic N) is 5. The van der Waals surface area contributed by atoms with Crippen LogP contribution in [0.3, 0.4) is 0 Å². The van der Waals surface area contributed by atoms with E-state index in [2.05, 4.69) is 162 Å². The van der Waals surface area contributed by atoms with Crippen LogP contribution in [0.25, 0.3) is 105 Å². The highest BCUT2D eigenvalue weighted by atomic mass is 15.0. The molecule has 11 aromatic rings. The van der Waals surface area contributed by atoms with Gasteiger partial charge in [0, 0.05) is 33.8 Å². The number of para-hydroxylation sites is 1. The lowest BCUT2D eigenvalue weighted by Crippen LogP contribution is -1.97. The average molecular weight is 702 g/mol. The lowest BCUT2D eigenvalue weighted by Gasteiger charge is -2.13. The van der Waals surface area contributed by atoms with E-state index in [9.17, 15) is 0 Å². The molecule has 0 aliphatic rings. The summed E-state index contributed by atoms with van der Waals surface area (Å²) in [6.45, 7) is 0. The van der Waals surface area contributed by atoms with Crippen LogP contribution in [-0.2, 0) is 0 Å².